The van der Waals surface area contributed by atoms with Gasteiger partial charge in [0, 0.05) is 6.54 Å². The monoisotopic (exact) mass is 433 g/mol. The van der Waals surface area contributed by atoms with Crippen LogP contribution in [0.5, 0.6) is 0 Å². The first-order chi connectivity index (χ1) is 14.3. The summed E-state index contributed by atoms with van der Waals surface area (Å²) in [5, 5.41) is 48.9. The second-order valence-electron chi connectivity index (χ2n) is 8.10. The van der Waals surface area contributed by atoms with Crippen LogP contribution in [0.1, 0.15) is 96.8 Å². The second-order valence-corrected chi connectivity index (χ2v) is 8.10. The van der Waals surface area contributed by atoms with E-state index in [-0.39, 0.29) is 0 Å². The Hall–Kier alpha value is -1.22. The molecule has 0 aromatic heterocycles. The van der Waals surface area contributed by atoms with Crippen LogP contribution in [0.25, 0.3) is 0 Å². The van der Waals surface area contributed by atoms with Gasteiger partial charge in [0.25, 0.3) is 5.91 Å². The molecule has 0 rings (SSSR count). The van der Waals surface area contributed by atoms with Crippen LogP contribution in [-0.2, 0) is 9.59 Å². The van der Waals surface area contributed by atoms with E-state index in [1.807, 2.05) is 0 Å². The molecule has 0 saturated heterocycles. The summed E-state index contributed by atoms with van der Waals surface area (Å²) >= 11 is 0. The third-order valence-corrected chi connectivity index (χ3v) is 5.35. The van der Waals surface area contributed by atoms with E-state index in [2.05, 4.69) is 12.2 Å². The summed E-state index contributed by atoms with van der Waals surface area (Å²) < 4.78 is 0. The molecule has 0 aromatic carbocycles. The van der Waals surface area contributed by atoms with Gasteiger partial charge in [-0.2, -0.15) is 0 Å². The van der Waals surface area contributed by atoms with Crippen LogP contribution >= 0.6 is 0 Å². The Kier molecular flexibility index (Phi) is 17.8. The number of rotatable bonds is 20. The highest BCUT2D eigenvalue weighted by molar-refractivity contribution is 5.81. The summed E-state index contributed by atoms with van der Waals surface area (Å²) in [7, 11) is 0. The standard InChI is InChI=1S/C22H43NO7/c1-2-3-4-5-6-7-8-9-10-11-12-13-14-15-16-23-21(28)19(26)17(24)18(25)20(27)22(29)30/h17-20,24-27H,2-16H2,1H3,(H,23,28)(H,29,30). The van der Waals surface area contributed by atoms with Crippen LogP contribution in [0.15, 0.2) is 0 Å². The van der Waals surface area contributed by atoms with Crippen LogP contribution in [0.3, 0.4) is 0 Å². The number of carboxylic acid groups (broad SMARTS) is 1. The summed E-state index contributed by atoms with van der Waals surface area (Å²) in [5.74, 6) is -2.66. The molecule has 0 radical (unpaired) electrons. The van der Waals surface area contributed by atoms with Crippen molar-refractivity contribution in [3.63, 3.8) is 0 Å². The molecule has 30 heavy (non-hydrogen) atoms. The molecular weight excluding hydrogens is 390 g/mol. The number of unbranched alkanes of at least 4 members (excludes halogenated alkanes) is 13. The van der Waals surface area contributed by atoms with Gasteiger partial charge in [-0.3, -0.25) is 4.79 Å². The second kappa shape index (κ2) is 18.5. The van der Waals surface area contributed by atoms with E-state index >= 15 is 0 Å². The summed E-state index contributed by atoms with van der Waals surface area (Å²) in [6.45, 7) is 2.55. The first-order valence-corrected chi connectivity index (χ1v) is 11.6. The smallest absolute Gasteiger partial charge is 0.335 e. The summed E-state index contributed by atoms with van der Waals surface area (Å²) in [4.78, 5) is 22.3. The average Bonchev–Trinajstić information content (AvgIpc) is 2.73. The van der Waals surface area contributed by atoms with E-state index in [0.29, 0.717) is 6.54 Å². The molecule has 0 aliphatic heterocycles. The number of aliphatic hydroxyl groups excluding tert-OH is 4. The normalized spacial score (nSPS) is 15.4. The van der Waals surface area contributed by atoms with Gasteiger partial charge in [-0.25, -0.2) is 4.79 Å². The Balaban J connectivity index is 3.59. The molecule has 0 aliphatic carbocycles. The highest BCUT2D eigenvalue weighted by Crippen LogP contribution is 2.13. The zero-order valence-electron chi connectivity index (χ0n) is 18.5. The zero-order valence-corrected chi connectivity index (χ0v) is 18.5. The Morgan fingerprint density at radius 3 is 1.40 bits per heavy atom. The van der Waals surface area contributed by atoms with Crippen molar-refractivity contribution in [3.8, 4) is 0 Å². The molecule has 0 bridgehead atoms. The molecule has 0 aromatic rings. The number of aliphatic carboxylic acids is 1. The van der Waals surface area contributed by atoms with Gasteiger partial charge in [0.05, 0.1) is 0 Å². The lowest BCUT2D eigenvalue weighted by Gasteiger charge is -2.23. The maximum Gasteiger partial charge on any atom is 0.335 e. The fourth-order valence-electron chi connectivity index (χ4n) is 3.31. The Labute approximate surface area is 180 Å². The molecule has 0 heterocycles. The van der Waals surface area contributed by atoms with E-state index in [0.717, 1.165) is 25.7 Å². The van der Waals surface area contributed by atoms with E-state index in [1.165, 1.54) is 64.2 Å². The molecule has 0 saturated carbocycles. The van der Waals surface area contributed by atoms with Crippen molar-refractivity contribution >= 4 is 11.9 Å². The first kappa shape index (κ1) is 28.8. The van der Waals surface area contributed by atoms with Gasteiger partial charge in [-0.15, -0.1) is 0 Å². The van der Waals surface area contributed by atoms with Crippen LogP contribution in [0.4, 0.5) is 0 Å². The highest BCUT2D eigenvalue weighted by atomic mass is 16.4. The molecule has 8 heteroatoms. The fourth-order valence-corrected chi connectivity index (χ4v) is 3.31. The number of amides is 1. The fraction of sp³-hybridized carbons (Fsp3) is 0.909. The first-order valence-electron chi connectivity index (χ1n) is 11.6. The lowest BCUT2D eigenvalue weighted by Crippen LogP contribution is -2.52. The maximum atomic E-state index is 11.8. The molecule has 4 unspecified atom stereocenters. The molecule has 0 spiro atoms. The lowest BCUT2D eigenvalue weighted by molar-refractivity contribution is -0.166. The third-order valence-electron chi connectivity index (χ3n) is 5.35. The summed E-state index contributed by atoms with van der Waals surface area (Å²) in [6.07, 6.45) is 8.53. The summed E-state index contributed by atoms with van der Waals surface area (Å²) in [6, 6.07) is 0. The van der Waals surface area contributed by atoms with E-state index in [9.17, 15) is 24.9 Å². The van der Waals surface area contributed by atoms with Gasteiger partial charge in [-0.05, 0) is 6.42 Å². The summed E-state index contributed by atoms with van der Waals surface area (Å²) in [5.41, 5.74) is 0. The van der Waals surface area contributed by atoms with E-state index < -0.39 is 36.3 Å². The molecule has 8 nitrogen and oxygen atoms in total. The van der Waals surface area contributed by atoms with Crippen molar-refractivity contribution in [2.24, 2.45) is 0 Å². The minimum Gasteiger partial charge on any atom is -0.479 e. The highest BCUT2D eigenvalue weighted by Gasteiger charge is 2.37. The lowest BCUT2D eigenvalue weighted by atomic mass is 10.0. The number of carboxylic acids is 1. The molecule has 178 valence electrons. The van der Waals surface area contributed by atoms with Crippen molar-refractivity contribution in [1.82, 2.24) is 5.32 Å². The van der Waals surface area contributed by atoms with Gasteiger partial charge in [0.1, 0.15) is 12.2 Å². The number of carbonyl (C=O) groups excluding carboxylic acids is 1. The van der Waals surface area contributed by atoms with Gasteiger partial charge >= 0.3 is 5.97 Å². The van der Waals surface area contributed by atoms with Crippen LogP contribution in [0.2, 0.25) is 0 Å². The molecule has 4 atom stereocenters. The van der Waals surface area contributed by atoms with Gasteiger partial charge in [0.15, 0.2) is 12.2 Å². The Morgan fingerprint density at radius 2 is 1.00 bits per heavy atom. The van der Waals surface area contributed by atoms with Crippen molar-refractivity contribution in [2.75, 3.05) is 6.54 Å². The Morgan fingerprint density at radius 1 is 0.633 bits per heavy atom. The van der Waals surface area contributed by atoms with Crippen LogP contribution in [-0.4, -0.2) is 68.4 Å². The Bertz CT molecular complexity index is 447. The SMILES string of the molecule is CCCCCCCCCCCCCCCCNC(=O)C(O)C(O)C(O)C(O)C(=O)O. The molecule has 6 N–H and O–H groups in total. The third kappa shape index (κ3) is 13.9. The number of nitrogens with one attached hydrogen (secondary N) is 1. The molecule has 1 amide bonds. The molecular formula is C22H43NO7. The van der Waals surface area contributed by atoms with Crippen molar-refractivity contribution in [2.45, 2.75) is 121 Å². The minimum absolute atomic E-state index is 0.318. The number of carbonyl (C=O) groups is 2. The van der Waals surface area contributed by atoms with Gasteiger partial charge < -0.3 is 30.8 Å². The van der Waals surface area contributed by atoms with Crippen molar-refractivity contribution in [3.05, 3.63) is 0 Å². The van der Waals surface area contributed by atoms with Gasteiger partial charge in [-0.1, -0.05) is 90.4 Å². The van der Waals surface area contributed by atoms with Crippen LogP contribution < -0.4 is 5.32 Å². The number of aliphatic hydroxyl groups is 4. The van der Waals surface area contributed by atoms with Crippen molar-refractivity contribution < 1.29 is 35.1 Å². The quantitative estimate of drug-likeness (QED) is 0.161. The topological polar surface area (TPSA) is 147 Å². The molecule has 0 aliphatic rings. The van der Waals surface area contributed by atoms with Crippen LogP contribution in [0, 0.1) is 0 Å². The van der Waals surface area contributed by atoms with E-state index in [4.69, 9.17) is 10.2 Å². The molecule has 0 fully saturated rings. The number of hydrogen-bond donors (Lipinski definition) is 6. The maximum absolute atomic E-state index is 11.8. The average molecular weight is 434 g/mol. The number of hydrogen-bond acceptors (Lipinski definition) is 6. The largest absolute Gasteiger partial charge is 0.479 e. The minimum atomic E-state index is -2.28. The predicted molar refractivity (Wildman–Crippen MR) is 115 cm³/mol. The van der Waals surface area contributed by atoms with E-state index in [1.54, 1.807) is 0 Å². The zero-order chi connectivity index (χ0) is 22.8. The van der Waals surface area contributed by atoms with Gasteiger partial charge in [0.2, 0.25) is 0 Å². The van der Waals surface area contributed by atoms with Crippen molar-refractivity contribution in [1.29, 1.82) is 0 Å². The predicted octanol–water partition coefficient (Wildman–Crippen LogP) is 2.11.